The van der Waals surface area contributed by atoms with E-state index in [1.54, 1.807) is 30.2 Å². The highest BCUT2D eigenvalue weighted by Gasteiger charge is 2.29. The Bertz CT molecular complexity index is 856. The van der Waals surface area contributed by atoms with E-state index in [4.69, 9.17) is 9.47 Å². The van der Waals surface area contributed by atoms with Gasteiger partial charge in [-0.25, -0.2) is 4.39 Å². The number of hydrogen-bond acceptors (Lipinski definition) is 4. The van der Waals surface area contributed by atoms with Crippen LogP contribution < -0.4 is 4.74 Å². The zero-order valence-corrected chi connectivity index (χ0v) is 16.6. The van der Waals surface area contributed by atoms with E-state index in [1.165, 1.54) is 17.9 Å². The third kappa shape index (κ3) is 5.54. The fourth-order valence-electron chi connectivity index (χ4n) is 3.25. The Kier molecular flexibility index (Phi) is 6.82. The Hall–Kier alpha value is -2.93. The van der Waals surface area contributed by atoms with Crippen molar-refractivity contribution in [2.24, 2.45) is 0 Å². The van der Waals surface area contributed by atoms with Gasteiger partial charge >= 0.3 is 0 Å². The van der Waals surface area contributed by atoms with Crippen LogP contribution in [-0.2, 0) is 27.5 Å². The molecule has 0 N–H and O–H groups in total. The van der Waals surface area contributed by atoms with Gasteiger partial charge in [0.15, 0.2) is 0 Å². The Morgan fingerprint density at radius 1 is 1.14 bits per heavy atom. The normalized spacial score (nSPS) is 17.2. The maximum atomic E-state index is 13.9. The number of benzene rings is 2. The van der Waals surface area contributed by atoms with Crippen LogP contribution in [0.2, 0.25) is 0 Å². The van der Waals surface area contributed by atoms with Crippen LogP contribution in [-0.4, -0.2) is 54.5 Å². The van der Waals surface area contributed by atoms with E-state index in [9.17, 15) is 14.0 Å². The summed E-state index contributed by atoms with van der Waals surface area (Å²) in [7, 11) is 1.60. The van der Waals surface area contributed by atoms with Gasteiger partial charge in [-0.3, -0.25) is 9.59 Å². The van der Waals surface area contributed by atoms with Crippen LogP contribution in [0.15, 0.2) is 48.5 Å². The molecule has 0 bridgehead atoms. The minimum atomic E-state index is -0.414. The summed E-state index contributed by atoms with van der Waals surface area (Å²) in [6.07, 6.45) is -0.414. The first-order chi connectivity index (χ1) is 14.0. The summed E-state index contributed by atoms with van der Waals surface area (Å²) in [4.78, 5) is 27.8. The van der Waals surface area contributed by atoms with Crippen molar-refractivity contribution >= 4 is 11.8 Å². The topological polar surface area (TPSA) is 59.1 Å². The monoisotopic (exact) mass is 400 g/mol. The number of rotatable bonds is 6. The Balaban J connectivity index is 1.72. The lowest BCUT2D eigenvalue weighted by Crippen LogP contribution is -2.38. The maximum Gasteiger partial charge on any atom is 0.242 e. The lowest BCUT2D eigenvalue weighted by Gasteiger charge is -2.25. The number of amides is 2. The Labute approximate surface area is 169 Å². The molecule has 2 aromatic rings. The van der Waals surface area contributed by atoms with Crippen molar-refractivity contribution in [1.29, 1.82) is 0 Å². The molecule has 29 heavy (non-hydrogen) atoms. The van der Waals surface area contributed by atoms with Gasteiger partial charge in [0.2, 0.25) is 11.8 Å². The molecule has 1 aliphatic rings. The van der Waals surface area contributed by atoms with Crippen molar-refractivity contribution in [2.75, 3.05) is 26.7 Å². The molecule has 1 heterocycles. The quantitative estimate of drug-likeness (QED) is 0.748. The number of carbonyl (C=O) groups excluding carboxylic acids is 2. The van der Waals surface area contributed by atoms with E-state index in [0.717, 1.165) is 11.3 Å². The van der Waals surface area contributed by atoms with Gasteiger partial charge in [0.1, 0.15) is 11.6 Å². The van der Waals surface area contributed by atoms with Gasteiger partial charge in [-0.2, -0.15) is 0 Å². The molecule has 7 heteroatoms. The first kappa shape index (κ1) is 20.8. The van der Waals surface area contributed by atoms with Crippen LogP contribution in [0, 0.1) is 5.82 Å². The van der Waals surface area contributed by atoms with Crippen molar-refractivity contribution in [3.8, 4) is 5.75 Å². The molecule has 1 atom stereocenters. The van der Waals surface area contributed by atoms with Gasteiger partial charge in [0.25, 0.3) is 0 Å². The Morgan fingerprint density at radius 3 is 2.52 bits per heavy atom. The zero-order valence-electron chi connectivity index (χ0n) is 16.6. The summed E-state index contributed by atoms with van der Waals surface area (Å²) in [6, 6.07) is 13.9. The minimum absolute atomic E-state index is 0.00501. The molecule has 0 aromatic heterocycles. The second-order valence-electron chi connectivity index (χ2n) is 7.05. The van der Waals surface area contributed by atoms with Gasteiger partial charge in [0.05, 0.1) is 26.4 Å². The highest BCUT2D eigenvalue weighted by atomic mass is 19.1. The summed E-state index contributed by atoms with van der Waals surface area (Å²) >= 11 is 0. The van der Waals surface area contributed by atoms with Gasteiger partial charge in [-0.15, -0.1) is 0 Å². The van der Waals surface area contributed by atoms with Gasteiger partial charge in [-0.1, -0.05) is 30.3 Å². The number of ether oxygens (including phenoxy) is 2. The van der Waals surface area contributed by atoms with E-state index < -0.39 is 6.10 Å². The second-order valence-corrected chi connectivity index (χ2v) is 7.05. The zero-order chi connectivity index (χ0) is 20.8. The van der Waals surface area contributed by atoms with E-state index in [0.29, 0.717) is 18.7 Å². The van der Waals surface area contributed by atoms with Crippen LogP contribution in [0.25, 0.3) is 0 Å². The molecule has 3 rings (SSSR count). The summed E-state index contributed by atoms with van der Waals surface area (Å²) in [5.74, 6) is 0.0673. The van der Waals surface area contributed by atoms with E-state index in [-0.39, 0.29) is 37.3 Å². The largest absolute Gasteiger partial charge is 0.497 e. The summed E-state index contributed by atoms with van der Waals surface area (Å²) in [5, 5.41) is 0. The summed E-state index contributed by atoms with van der Waals surface area (Å²) in [6.45, 7) is 2.52. The predicted molar refractivity (Wildman–Crippen MR) is 106 cm³/mol. The van der Waals surface area contributed by atoms with Gasteiger partial charge < -0.3 is 19.3 Å². The fraction of sp³-hybridized carbons (Fsp3) is 0.364. The standard InChI is InChI=1S/C22H25FN2O4/c1-16(26)24-12-20(29-15-18-5-3-4-6-21(18)23)13-25(22(27)14-24)11-17-7-9-19(28-2)10-8-17/h3-10,20H,11-15H2,1-2H3. The number of methoxy groups -OCH3 is 1. The second kappa shape index (κ2) is 9.52. The molecule has 1 aliphatic heterocycles. The molecule has 0 aliphatic carbocycles. The number of halogens is 1. The summed E-state index contributed by atoms with van der Waals surface area (Å²) in [5.41, 5.74) is 1.39. The third-order valence-corrected chi connectivity index (χ3v) is 4.94. The first-order valence-corrected chi connectivity index (χ1v) is 9.47. The van der Waals surface area contributed by atoms with Gasteiger partial charge in [0, 0.05) is 32.1 Å². The molecular weight excluding hydrogens is 375 g/mol. The lowest BCUT2D eigenvalue weighted by molar-refractivity contribution is -0.137. The Morgan fingerprint density at radius 2 is 1.86 bits per heavy atom. The van der Waals surface area contributed by atoms with Gasteiger partial charge in [-0.05, 0) is 23.8 Å². The highest BCUT2D eigenvalue weighted by molar-refractivity contribution is 5.84. The molecule has 1 unspecified atom stereocenters. The van der Waals surface area contributed by atoms with Crippen molar-refractivity contribution < 1.29 is 23.5 Å². The molecule has 6 nitrogen and oxygen atoms in total. The highest BCUT2D eigenvalue weighted by Crippen LogP contribution is 2.17. The first-order valence-electron chi connectivity index (χ1n) is 9.47. The van der Waals surface area contributed by atoms with Crippen LogP contribution in [0.5, 0.6) is 5.75 Å². The molecule has 2 amide bonds. The number of hydrogen-bond donors (Lipinski definition) is 0. The molecule has 154 valence electrons. The molecule has 1 fully saturated rings. The van der Waals surface area contributed by atoms with Crippen LogP contribution in [0.3, 0.4) is 0 Å². The number of carbonyl (C=O) groups is 2. The van der Waals surface area contributed by atoms with Crippen molar-refractivity contribution in [3.63, 3.8) is 0 Å². The molecule has 0 radical (unpaired) electrons. The average molecular weight is 400 g/mol. The van der Waals surface area contributed by atoms with Crippen molar-refractivity contribution in [1.82, 2.24) is 9.80 Å². The van der Waals surface area contributed by atoms with Crippen LogP contribution >= 0.6 is 0 Å². The summed E-state index contributed by atoms with van der Waals surface area (Å²) < 4.78 is 25.0. The molecule has 1 saturated heterocycles. The van der Waals surface area contributed by atoms with E-state index in [1.807, 2.05) is 24.3 Å². The fourth-order valence-corrected chi connectivity index (χ4v) is 3.25. The smallest absolute Gasteiger partial charge is 0.242 e. The predicted octanol–water partition coefficient (Wildman–Crippen LogP) is 2.61. The van der Waals surface area contributed by atoms with Crippen LogP contribution in [0.4, 0.5) is 4.39 Å². The van der Waals surface area contributed by atoms with Crippen molar-refractivity contribution in [2.45, 2.75) is 26.2 Å². The molecule has 0 saturated carbocycles. The minimum Gasteiger partial charge on any atom is -0.497 e. The maximum absolute atomic E-state index is 13.9. The number of nitrogens with zero attached hydrogens (tertiary/aromatic N) is 2. The molecule has 0 spiro atoms. The van der Waals surface area contributed by atoms with Crippen molar-refractivity contribution in [3.05, 3.63) is 65.5 Å². The third-order valence-electron chi connectivity index (χ3n) is 4.94. The molecule has 2 aromatic carbocycles. The lowest BCUT2D eigenvalue weighted by atomic mass is 10.2. The van der Waals surface area contributed by atoms with E-state index >= 15 is 0 Å². The molecular formula is C22H25FN2O4. The average Bonchev–Trinajstić information content (AvgIpc) is 2.87. The SMILES string of the molecule is COc1ccc(CN2CC(OCc3ccccc3F)CN(C(C)=O)CC2=O)cc1. The van der Waals surface area contributed by atoms with E-state index in [2.05, 4.69) is 0 Å². The van der Waals surface area contributed by atoms with Crippen LogP contribution in [0.1, 0.15) is 18.1 Å².